The first-order valence-corrected chi connectivity index (χ1v) is 10.3. The quantitative estimate of drug-likeness (QED) is 0.342. The van der Waals surface area contributed by atoms with E-state index < -0.39 is 17.7 Å². The zero-order valence-electron chi connectivity index (χ0n) is 16.7. The van der Waals surface area contributed by atoms with Crippen molar-refractivity contribution in [2.45, 2.75) is 25.0 Å². The molecule has 2 saturated heterocycles. The molecule has 0 spiro atoms. The predicted molar refractivity (Wildman–Crippen MR) is 114 cm³/mol. The highest BCUT2D eigenvalue weighted by Gasteiger charge is 2.47. The number of likely N-dealkylation sites (tertiary alicyclic amines) is 1. The summed E-state index contributed by atoms with van der Waals surface area (Å²) in [5.74, 6) is -1.52. The van der Waals surface area contributed by atoms with Crippen molar-refractivity contribution in [2.24, 2.45) is 0 Å². The van der Waals surface area contributed by atoms with Crippen molar-refractivity contribution in [1.29, 1.82) is 0 Å². The van der Waals surface area contributed by atoms with Gasteiger partial charge in [0.05, 0.1) is 17.7 Å². The Morgan fingerprint density at radius 3 is 2.65 bits per heavy atom. The molecule has 3 N–H and O–H groups in total. The smallest absolute Gasteiger partial charge is 0.295 e. The van der Waals surface area contributed by atoms with Crippen LogP contribution in [0.5, 0.6) is 5.75 Å². The second kappa shape index (κ2) is 7.59. The van der Waals surface area contributed by atoms with E-state index in [-0.39, 0.29) is 29.7 Å². The second-order valence-electron chi connectivity index (χ2n) is 7.93. The highest BCUT2D eigenvalue weighted by molar-refractivity contribution is 6.46. The van der Waals surface area contributed by atoms with Gasteiger partial charge in [0.15, 0.2) is 0 Å². The zero-order valence-corrected chi connectivity index (χ0v) is 16.7. The van der Waals surface area contributed by atoms with Gasteiger partial charge in [-0.2, -0.15) is 0 Å². The number of phenols is 1. The molecule has 0 aliphatic carbocycles. The summed E-state index contributed by atoms with van der Waals surface area (Å²) in [5, 5.41) is 21.7. The normalized spacial score (nSPS) is 23.2. The fourth-order valence-corrected chi connectivity index (χ4v) is 4.49. The Bertz CT molecular complexity index is 1190. The van der Waals surface area contributed by atoms with Crippen LogP contribution in [0.2, 0.25) is 0 Å². The van der Waals surface area contributed by atoms with Gasteiger partial charge in [0, 0.05) is 35.8 Å². The number of fused-ring (bicyclic) bond motifs is 1. The highest BCUT2D eigenvalue weighted by Crippen LogP contribution is 2.41. The van der Waals surface area contributed by atoms with Crippen LogP contribution in [-0.4, -0.2) is 51.0 Å². The number of hydrogen-bond acceptors (Lipinski definition) is 5. The van der Waals surface area contributed by atoms with Gasteiger partial charge in [-0.15, -0.1) is 0 Å². The SMILES string of the molecule is O=C1C(=O)N(CC2CCCO2)C(c2ccc(O)cc2)/C1=C(/O)c1c[nH]c2ccccc12. The number of carbonyl (C=O) groups is 2. The Morgan fingerprint density at radius 1 is 1.13 bits per heavy atom. The number of ether oxygens (including phenoxy) is 1. The summed E-state index contributed by atoms with van der Waals surface area (Å²) < 4.78 is 5.70. The second-order valence-corrected chi connectivity index (χ2v) is 7.93. The van der Waals surface area contributed by atoms with E-state index in [4.69, 9.17) is 4.74 Å². The van der Waals surface area contributed by atoms with Gasteiger partial charge < -0.3 is 24.8 Å². The summed E-state index contributed by atoms with van der Waals surface area (Å²) in [7, 11) is 0. The van der Waals surface area contributed by atoms with Crippen molar-refractivity contribution in [2.75, 3.05) is 13.2 Å². The number of para-hydroxylation sites is 1. The minimum Gasteiger partial charge on any atom is -0.508 e. The number of hydrogen-bond donors (Lipinski definition) is 3. The van der Waals surface area contributed by atoms with Gasteiger partial charge in [-0.1, -0.05) is 30.3 Å². The molecule has 1 amide bonds. The molecule has 1 aromatic heterocycles. The molecule has 5 rings (SSSR count). The van der Waals surface area contributed by atoms with E-state index in [9.17, 15) is 19.8 Å². The number of phenolic OH excluding ortho intramolecular Hbond substituents is 1. The van der Waals surface area contributed by atoms with Crippen molar-refractivity contribution >= 4 is 28.4 Å². The van der Waals surface area contributed by atoms with Crippen LogP contribution in [0, 0.1) is 0 Å². The molecule has 2 atom stereocenters. The van der Waals surface area contributed by atoms with Gasteiger partial charge in [-0.3, -0.25) is 9.59 Å². The van der Waals surface area contributed by atoms with E-state index in [1.54, 1.807) is 18.3 Å². The van der Waals surface area contributed by atoms with Crippen LogP contribution < -0.4 is 0 Å². The first-order chi connectivity index (χ1) is 15.0. The fourth-order valence-electron chi connectivity index (χ4n) is 4.49. The molecular formula is C24H22N2O5. The summed E-state index contributed by atoms with van der Waals surface area (Å²) >= 11 is 0. The van der Waals surface area contributed by atoms with Crippen molar-refractivity contribution in [1.82, 2.24) is 9.88 Å². The minimum absolute atomic E-state index is 0.0402. The molecule has 2 aromatic carbocycles. The summed E-state index contributed by atoms with van der Waals surface area (Å²) in [6.45, 7) is 0.897. The lowest BCUT2D eigenvalue weighted by Crippen LogP contribution is -2.36. The number of nitrogens with zero attached hydrogens (tertiary/aromatic N) is 1. The number of aromatic amines is 1. The van der Waals surface area contributed by atoms with Crippen LogP contribution >= 0.6 is 0 Å². The summed E-state index contributed by atoms with van der Waals surface area (Å²) in [5.41, 5.74) is 1.96. The van der Waals surface area contributed by atoms with Crippen LogP contribution in [0.4, 0.5) is 0 Å². The molecule has 3 aromatic rings. The maximum absolute atomic E-state index is 13.1. The molecule has 3 heterocycles. The number of aromatic hydroxyl groups is 1. The summed E-state index contributed by atoms with van der Waals surface area (Å²) in [4.78, 5) is 30.7. The number of H-pyrrole nitrogens is 1. The molecule has 2 fully saturated rings. The van der Waals surface area contributed by atoms with Crippen molar-refractivity contribution < 1.29 is 24.5 Å². The lowest BCUT2D eigenvalue weighted by Gasteiger charge is -2.27. The Kier molecular flexibility index (Phi) is 4.75. The first kappa shape index (κ1) is 19.4. The Labute approximate surface area is 178 Å². The maximum Gasteiger partial charge on any atom is 0.295 e. The topological polar surface area (TPSA) is 103 Å². The number of carbonyl (C=O) groups excluding carboxylic acids is 2. The number of nitrogens with one attached hydrogen (secondary N) is 1. The van der Waals surface area contributed by atoms with E-state index in [1.165, 1.54) is 17.0 Å². The van der Waals surface area contributed by atoms with Crippen molar-refractivity contribution in [3.8, 4) is 5.75 Å². The zero-order chi connectivity index (χ0) is 21.5. The molecule has 0 radical (unpaired) electrons. The monoisotopic (exact) mass is 418 g/mol. The standard InChI is InChI=1S/C24H22N2O5/c27-15-9-7-14(8-10-15)21-20(22(28)18-12-25-19-6-2-1-5-17(18)19)23(29)24(30)26(21)13-16-4-3-11-31-16/h1-2,5-10,12,16,21,25,27-28H,3-4,11,13H2/b22-20-. The number of benzene rings is 2. The molecule has 2 aliphatic rings. The first-order valence-electron chi connectivity index (χ1n) is 10.3. The molecule has 0 saturated carbocycles. The van der Waals surface area contributed by atoms with Gasteiger partial charge >= 0.3 is 0 Å². The van der Waals surface area contributed by atoms with Crippen LogP contribution in [0.15, 0.2) is 60.3 Å². The number of Topliss-reactive ketones (excluding diaryl/α,β-unsaturated/α-hetero) is 1. The van der Waals surface area contributed by atoms with Gasteiger partial charge in [0.2, 0.25) is 0 Å². The average Bonchev–Trinajstić information content (AvgIpc) is 3.50. The Balaban J connectivity index is 1.66. The lowest BCUT2D eigenvalue weighted by molar-refractivity contribution is -0.140. The number of aromatic nitrogens is 1. The number of ketones is 1. The lowest BCUT2D eigenvalue weighted by atomic mass is 9.95. The Hall–Kier alpha value is -3.58. The van der Waals surface area contributed by atoms with Crippen molar-refractivity contribution in [3.05, 3.63) is 71.4 Å². The van der Waals surface area contributed by atoms with Crippen LogP contribution in [-0.2, 0) is 14.3 Å². The summed E-state index contributed by atoms with van der Waals surface area (Å²) in [6.07, 6.45) is 3.22. The van der Waals surface area contributed by atoms with Crippen molar-refractivity contribution in [3.63, 3.8) is 0 Å². The molecule has 31 heavy (non-hydrogen) atoms. The third kappa shape index (κ3) is 3.27. The molecule has 2 aliphatic heterocycles. The van der Waals surface area contributed by atoms with Crippen LogP contribution in [0.3, 0.4) is 0 Å². The Morgan fingerprint density at radius 2 is 1.90 bits per heavy atom. The van der Waals surface area contributed by atoms with Crippen LogP contribution in [0.1, 0.15) is 30.0 Å². The number of aliphatic hydroxyl groups is 1. The highest BCUT2D eigenvalue weighted by atomic mass is 16.5. The molecule has 0 bridgehead atoms. The van der Waals surface area contributed by atoms with E-state index in [0.717, 1.165) is 23.7 Å². The van der Waals surface area contributed by atoms with Gasteiger partial charge in [-0.25, -0.2) is 0 Å². The van der Waals surface area contributed by atoms with Crippen LogP contribution in [0.25, 0.3) is 16.7 Å². The molecule has 7 heteroatoms. The fraction of sp³-hybridized carbons (Fsp3) is 0.250. The maximum atomic E-state index is 13.1. The van der Waals surface area contributed by atoms with E-state index in [2.05, 4.69) is 4.98 Å². The minimum atomic E-state index is -0.765. The largest absolute Gasteiger partial charge is 0.508 e. The summed E-state index contributed by atoms with van der Waals surface area (Å²) in [6, 6.07) is 13.0. The molecule has 7 nitrogen and oxygen atoms in total. The van der Waals surface area contributed by atoms with Gasteiger partial charge in [0.25, 0.3) is 11.7 Å². The van der Waals surface area contributed by atoms with E-state index in [0.29, 0.717) is 17.7 Å². The third-order valence-electron chi connectivity index (χ3n) is 6.02. The average molecular weight is 418 g/mol. The molecule has 158 valence electrons. The number of amides is 1. The van der Waals surface area contributed by atoms with E-state index in [1.807, 2.05) is 24.3 Å². The number of rotatable bonds is 4. The van der Waals surface area contributed by atoms with E-state index >= 15 is 0 Å². The van der Waals surface area contributed by atoms with Gasteiger partial charge in [-0.05, 0) is 36.6 Å². The number of aliphatic hydroxyl groups excluding tert-OH is 1. The molecular weight excluding hydrogens is 396 g/mol. The third-order valence-corrected chi connectivity index (χ3v) is 6.02. The predicted octanol–water partition coefficient (Wildman–Crippen LogP) is 3.47. The van der Waals surface area contributed by atoms with Gasteiger partial charge in [0.1, 0.15) is 11.5 Å². The molecule has 2 unspecified atom stereocenters.